The Labute approximate surface area is 65.7 Å². The first kappa shape index (κ1) is 9.20. The monoisotopic (exact) mass is 180 g/mol. The standard InChI is InChI=1S/C6H13O4P/c7-11(8,9)5-3-6-2-1-4-10-6/h6H,1-5H2,(H2,7,8,9). The van der Waals surface area contributed by atoms with E-state index in [1.165, 1.54) is 0 Å². The summed E-state index contributed by atoms with van der Waals surface area (Å²) in [5.41, 5.74) is 0. The van der Waals surface area contributed by atoms with Crippen molar-refractivity contribution in [3.05, 3.63) is 0 Å². The molecule has 1 atom stereocenters. The Morgan fingerprint density at radius 3 is 2.73 bits per heavy atom. The Kier molecular flexibility index (Phi) is 3.07. The lowest BCUT2D eigenvalue weighted by Gasteiger charge is -2.08. The molecule has 1 unspecified atom stereocenters. The molecule has 1 aliphatic heterocycles. The van der Waals surface area contributed by atoms with Crippen molar-refractivity contribution in [2.45, 2.75) is 25.4 Å². The summed E-state index contributed by atoms with van der Waals surface area (Å²) in [6.45, 7) is 0.742. The highest BCUT2D eigenvalue weighted by molar-refractivity contribution is 7.51. The normalized spacial score (nSPS) is 25.8. The van der Waals surface area contributed by atoms with Gasteiger partial charge in [-0.3, -0.25) is 4.57 Å². The molecule has 0 amide bonds. The van der Waals surface area contributed by atoms with Crippen molar-refractivity contribution >= 4 is 7.60 Å². The van der Waals surface area contributed by atoms with Gasteiger partial charge in [-0.2, -0.15) is 0 Å². The summed E-state index contributed by atoms with van der Waals surface area (Å²) in [6.07, 6.45) is 2.50. The quantitative estimate of drug-likeness (QED) is 0.628. The van der Waals surface area contributed by atoms with Gasteiger partial charge < -0.3 is 14.5 Å². The molecule has 66 valence electrons. The van der Waals surface area contributed by atoms with Crippen LogP contribution in [0.3, 0.4) is 0 Å². The van der Waals surface area contributed by atoms with Crippen LogP contribution in [0.2, 0.25) is 0 Å². The van der Waals surface area contributed by atoms with Crippen LogP contribution in [0.5, 0.6) is 0 Å². The molecule has 0 aromatic carbocycles. The third kappa shape index (κ3) is 3.87. The van der Waals surface area contributed by atoms with Crippen molar-refractivity contribution in [2.75, 3.05) is 12.8 Å². The molecule has 0 saturated carbocycles. The van der Waals surface area contributed by atoms with Crippen LogP contribution in [0.1, 0.15) is 19.3 Å². The lowest BCUT2D eigenvalue weighted by Crippen LogP contribution is -2.07. The average Bonchev–Trinajstić information content (AvgIpc) is 2.32. The predicted octanol–water partition coefficient (Wildman–Crippen LogP) is 0.733. The highest BCUT2D eigenvalue weighted by Gasteiger charge is 2.20. The van der Waals surface area contributed by atoms with E-state index in [1.807, 2.05) is 0 Å². The molecule has 11 heavy (non-hydrogen) atoms. The van der Waals surface area contributed by atoms with Gasteiger partial charge in [0.1, 0.15) is 0 Å². The molecule has 2 N–H and O–H groups in total. The minimum atomic E-state index is -3.80. The van der Waals surface area contributed by atoms with Gasteiger partial charge in [0.15, 0.2) is 0 Å². The third-order valence-electron chi connectivity index (χ3n) is 1.77. The van der Waals surface area contributed by atoms with Crippen molar-refractivity contribution in [3.8, 4) is 0 Å². The Bertz CT molecular complexity index is 158. The summed E-state index contributed by atoms with van der Waals surface area (Å²) in [5, 5.41) is 0. The zero-order valence-electron chi connectivity index (χ0n) is 6.27. The molecule has 1 fully saturated rings. The number of hydrogen-bond acceptors (Lipinski definition) is 2. The van der Waals surface area contributed by atoms with Crippen molar-refractivity contribution in [2.24, 2.45) is 0 Å². The van der Waals surface area contributed by atoms with Crippen LogP contribution < -0.4 is 0 Å². The summed E-state index contributed by atoms with van der Waals surface area (Å²) in [5.74, 6) is 0. The summed E-state index contributed by atoms with van der Waals surface area (Å²) in [7, 11) is -3.80. The summed E-state index contributed by atoms with van der Waals surface area (Å²) in [4.78, 5) is 17.1. The summed E-state index contributed by atoms with van der Waals surface area (Å²) < 4.78 is 15.6. The van der Waals surface area contributed by atoms with Crippen molar-refractivity contribution in [3.63, 3.8) is 0 Å². The van der Waals surface area contributed by atoms with Gasteiger partial charge >= 0.3 is 7.60 Å². The van der Waals surface area contributed by atoms with Gasteiger partial charge in [-0.1, -0.05) is 0 Å². The largest absolute Gasteiger partial charge is 0.378 e. The molecule has 5 heteroatoms. The lowest BCUT2D eigenvalue weighted by atomic mass is 10.2. The zero-order valence-corrected chi connectivity index (χ0v) is 7.17. The van der Waals surface area contributed by atoms with Crippen LogP contribution in [-0.2, 0) is 9.30 Å². The first-order chi connectivity index (χ1) is 5.08. The molecule has 1 aliphatic rings. The maximum atomic E-state index is 10.4. The van der Waals surface area contributed by atoms with Crippen molar-refractivity contribution in [1.29, 1.82) is 0 Å². The van der Waals surface area contributed by atoms with Crippen LogP contribution in [0.15, 0.2) is 0 Å². The van der Waals surface area contributed by atoms with E-state index in [1.54, 1.807) is 0 Å². The molecular weight excluding hydrogens is 167 g/mol. The predicted molar refractivity (Wildman–Crippen MR) is 40.5 cm³/mol. The average molecular weight is 180 g/mol. The fourth-order valence-electron chi connectivity index (χ4n) is 1.18. The van der Waals surface area contributed by atoms with Gasteiger partial charge in [-0.15, -0.1) is 0 Å². The third-order valence-corrected chi connectivity index (χ3v) is 2.61. The number of hydrogen-bond donors (Lipinski definition) is 2. The van der Waals surface area contributed by atoms with Gasteiger partial charge in [0, 0.05) is 6.61 Å². The molecule has 1 rings (SSSR count). The van der Waals surface area contributed by atoms with Crippen LogP contribution >= 0.6 is 7.60 Å². The molecule has 0 radical (unpaired) electrons. The number of ether oxygens (including phenoxy) is 1. The number of rotatable bonds is 3. The Morgan fingerprint density at radius 1 is 1.55 bits per heavy atom. The van der Waals surface area contributed by atoms with Crippen LogP contribution in [0.4, 0.5) is 0 Å². The fourth-order valence-corrected chi connectivity index (χ4v) is 1.81. The van der Waals surface area contributed by atoms with E-state index in [2.05, 4.69) is 0 Å². The van der Waals surface area contributed by atoms with E-state index < -0.39 is 7.60 Å². The molecule has 4 nitrogen and oxygen atoms in total. The maximum absolute atomic E-state index is 10.4. The summed E-state index contributed by atoms with van der Waals surface area (Å²) >= 11 is 0. The maximum Gasteiger partial charge on any atom is 0.325 e. The van der Waals surface area contributed by atoms with E-state index in [9.17, 15) is 4.57 Å². The Hall–Kier alpha value is 0.110. The second-order valence-corrected chi connectivity index (χ2v) is 4.59. The van der Waals surface area contributed by atoms with E-state index in [0.29, 0.717) is 6.42 Å². The molecule has 0 aromatic heterocycles. The van der Waals surface area contributed by atoms with E-state index in [4.69, 9.17) is 14.5 Å². The second-order valence-electron chi connectivity index (χ2n) is 2.81. The molecule has 0 bridgehead atoms. The van der Waals surface area contributed by atoms with Crippen LogP contribution in [0.25, 0.3) is 0 Å². The van der Waals surface area contributed by atoms with Gasteiger partial charge in [-0.05, 0) is 19.3 Å². The highest BCUT2D eigenvalue weighted by atomic mass is 31.2. The summed E-state index contributed by atoms with van der Waals surface area (Å²) in [6, 6.07) is 0. The van der Waals surface area contributed by atoms with E-state index in [-0.39, 0.29) is 12.3 Å². The molecule has 1 saturated heterocycles. The minimum Gasteiger partial charge on any atom is -0.378 e. The highest BCUT2D eigenvalue weighted by Crippen LogP contribution is 2.36. The Balaban J connectivity index is 2.16. The zero-order chi connectivity index (χ0) is 8.32. The first-order valence-electron chi connectivity index (χ1n) is 3.74. The van der Waals surface area contributed by atoms with Crippen molar-refractivity contribution in [1.82, 2.24) is 0 Å². The molecular formula is C6H13O4P. The topological polar surface area (TPSA) is 66.8 Å². The molecule has 0 aliphatic carbocycles. The minimum absolute atomic E-state index is 0.0440. The first-order valence-corrected chi connectivity index (χ1v) is 5.54. The van der Waals surface area contributed by atoms with Crippen LogP contribution in [0, 0.1) is 0 Å². The van der Waals surface area contributed by atoms with Gasteiger partial charge in [0.25, 0.3) is 0 Å². The van der Waals surface area contributed by atoms with E-state index in [0.717, 1.165) is 19.4 Å². The molecule has 1 heterocycles. The van der Waals surface area contributed by atoms with Crippen molar-refractivity contribution < 1.29 is 19.1 Å². The van der Waals surface area contributed by atoms with Gasteiger partial charge in [-0.25, -0.2) is 0 Å². The SMILES string of the molecule is O=P(O)(O)CCC1CCCO1. The van der Waals surface area contributed by atoms with Crippen LogP contribution in [-0.4, -0.2) is 28.7 Å². The van der Waals surface area contributed by atoms with Gasteiger partial charge in [0.2, 0.25) is 0 Å². The second kappa shape index (κ2) is 3.68. The lowest BCUT2D eigenvalue weighted by molar-refractivity contribution is 0.107. The van der Waals surface area contributed by atoms with E-state index >= 15 is 0 Å². The van der Waals surface area contributed by atoms with Gasteiger partial charge in [0.05, 0.1) is 12.3 Å². The fraction of sp³-hybridized carbons (Fsp3) is 1.00. The smallest absolute Gasteiger partial charge is 0.325 e. The Morgan fingerprint density at radius 2 is 2.27 bits per heavy atom. The molecule has 0 aromatic rings. The molecule has 0 spiro atoms.